The van der Waals surface area contributed by atoms with Crippen LogP contribution >= 0.6 is 11.3 Å². The second-order valence-electron chi connectivity index (χ2n) is 5.62. The zero-order chi connectivity index (χ0) is 15.5. The van der Waals surface area contributed by atoms with E-state index in [0.717, 1.165) is 24.9 Å². The maximum atomic E-state index is 12.7. The van der Waals surface area contributed by atoms with Crippen LogP contribution in [0.25, 0.3) is 0 Å². The van der Waals surface area contributed by atoms with E-state index in [4.69, 9.17) is 0 Å². The molecular weight excluding hydrogens is 294 g/mol. The summed E-state index contributed by atoms with van der Waals surface area (Å²) in [5.41, 5.74) is 2.40. The number of aromatic nitrogens is 1. The van der Waals surface area contributed by atoms with Crippen molar-refractivity contribution in [1.29, 1.82) is 0 Å². The molecule has 5 heteroatoms. The van der Waals surface area contributed by atoms with Gasteiger partial charge in [-0.3, -0.25) is 4.98 Å². The second kappa shape index (κ2) is 6.48. The Morgan fingerprint density at radius 1 is 1.45 bits per heavy atom. The molecule has 116 valence electrons. The van der Waals surface area contributed by atoms with Gasteiger partial charge in [-0.1, -0.05) is 6.92 Å². The predicted molar refractivity (Wildman–Crippen MR) is 88.9 cm³/mol. The summed E-state index contributed by atoms with van der Waals surface area (Å²) in [6.07, 6.45) is 5.41. The first-order chi connectivity index (χ1) is 10.7. The van der Waals surface area contributed by atoms with E-state index in [-0.39, 0.29) is 18.1 Å². The molecule has 0 aromatic carbocycles. The molecule has 0 aliphatic carbocycles. The van der Waals surface area contributed by atoms with Crippen molar-refractivity contribution in [3.8, 4) is 0 Å². The molecule has 1 aliphatic rings. The lowest BCUT2D eigenvalue weighted by atomic mass is 9.98. The lowest BCUT2D eigenvalue weighted by molar-refractivity contribution is 0.165. The van der Waals surface area contributed by atoms with Crippen LogP contribution in [0.5, 0.6) is 0 Å². The zero-order valence-corrected chi connectivity index (χ0v) is 13.8. The molecule has 1 N–H and O–H groups in total. The molecule has 0 fully saturated rings. The zero-order valence-electron chi connectivity index (χ0n) is 13.0. The largest absolute Gasteiger partial charge is 0.331 e. The SMILES string of the molecule is CC[C@@H]1c2ccsc2CCN1C(=O)N[C@@H](C)c1ccncc1. The van der Waals surface area contributed by atoms with E-state index in [1.165, 1.54) is 10.4 Å². The molecule has 2 aromatic heterocycles. The van der Waals surface area contributed by atoms with Crippen molar-refractivity contribution in [3.05, 3.63) is 52.0 Å². The van der Waals surface area contributed by atoms with E-state index < -0.39 is 0 Å². The Labute approximate surface area is 135 Å². The molecule has 0 bridgehead atoms. The van der Waals surface area contributed by atoms with Gasteiger partial charge in [0.2, 0.25) is 0 Å². The lowest BCUT2D eigenvalue weighted by Gasteiger charge is -2.36. The first kappa shape index (κ1) is 15.0. The van der Waals surface area contributed by atoms with Crippen LogP contribution in [0.4, 0.5) is 4.79 Å². The monoisotopic (exact) mass is 315 g/mol. The average molecular weight is 315 g/mol. The molecule has 2 amide bonds. The van der Waals surface area contributed by atoms with E-state index in [0.29, 0.717) is 0 Å². The molecule has 0 saturated heterocycles. The summed E-state index contributed by atoms with van der Waals surface area (Å²) in [4.78, 5) is 20.1. The molecule has 4 nitrogen and oxygen atoms in total. The van der Waals surface area contributed by atoms with Crippen molar-refractivity contribution >= 4 is 17.4 Å². The molecule has 3 rings (SSSR count). The fourth-order valence-corrected chi connectivity index (χ4v) is 4.01. The highest BCUT2D eigenvalue weighted by molar-refractivity contribution is 7.10. The van der Waals surface area contributed by atoms with Gasteiger partial charge in [-0.15, -0.1) is 11.3 Å². The molecule has 2 aromatic rings. The maximum Gasteiger partial charge on any atom is 0.318 e. The van der Waals surface area contributed by atoms with Gasteiger partial charge in [-0.05, 0) is 54.5 Å². The van der Waals surface area contributed by atoms with Crippen LogP contribution in [0, 0.1) is 0 Å². The summed E-state index contributed by atoms with van der Waals surface area (Å²) < 4.78 is 0. The van der Waals surface area contributed by atoms with E-state index in [2.05, 4.69) is 28.7 Å². The van der Waals surface area contributed by atoms with Crippen molar-refractivity contribution < 1.29 is 4.79 Å². The minimum Gasteiger partial charge on any atom is -0.331 e. The van der Waals surface area contributed by atoms with Gasteiger partial charge < -0.3 is 10.2 Å². The molecule has 1 aliphatic heterocycles. The number of hydrogen-bond donors (Lipinski definition) is 1. The van der Waals surface area contributed by atoms with Gasteiger partial charge in [0.25, 0.3) is 0 Å². The van der Waals surface area contributed by atoms with Gasteiger partial charge in [0.1, 0.15) is 0 Å². The van der Waals surface area contributed by atoms with E-state index in [9.17, 15) is 4.79 Å². The Hall–Kier alpha value is -1.88. The van der Waals surface area contributed by atoms with Gasteiger partial charge in [-0.25, -0.2) is 4.79 Å². The van der Waals surface area contributed by atoms with Crippen LogP contribution < -0.4 is 5.32 Å². The van der Waals surface area contributed by atoms with Crippen LogP contribution in [0.2, 0.25) is 0 Å². The van der Waals surface area contributed by atoms with Crippen molar-refractivity contribution in [2.45, 2.75) is 38.8 Å². The van der Waals surface area contributed by atoms with E-state index in [1.807, 2.05) is 24.0 Å². The van der Waals surface area contributed by atoms with Crippen LogP contribution in [-0.4, -0.2) is 22.5 Å². The number of rotatable bonds is 3. The predicted octanol–water partition coefficient (Wildman–Crippen LogP) is 3.92. The number of carbonyl (C=O) groups is 1. The molecule has 3 heterocycles. The minimum absolute atomic E-state index is 0.0168. The smallest absolute Gasteiger partial charge is 0.318 e. The topological polar surface area (TPSA) is 45.2 Å². The highest BCUT2D eigenvalue weighted by atomic mass is 32.1. The first-order valence-corrected chi connectivity index (χ1v) is 8.62. The van der Waals surface area contributed by atoms with Gasteiger partial charge in [0.15, 0.2) is 0 Å². The van der Waals surface area contributed by atoms with Crippen molar-refractivity contribution in [2.75, 3.05) is 6.54 Å². The van der Waals surface area contributed by atoms with Gasteiger partial charge >= 0.3 is 6.03 Å². The van der Waals surface area contributed by atoms with Crippen molar-refractivity contribution in [2.24, 2.45) is 0 Å². The number of fused-ring (bicyclic) bond motifs is 1. The Balaban J connectivity index is 1.72. The highest BCUT2D eigenvalue weighted by Gasteiger charge is 2.30. The van der Waals surface area contributed by atoms with Crippen molar-refractivity contribution in [3.63, 3.8) is 0 Å². The summed E-state index contributed by atoms with van der Waals surface area (Å²) in [5, 5.41) is 5.25. The van der Waals surface area contributed by atoms with Crippen molar-refractivity contribution in [1.82, 2.24) is 15.2 Å². The standard InChI is InChI=1S/C17H21N3OS/c1-3-15-14-7-11-22-16(14)6-10-20(15)17(21)19-12(2)13-4-8-18-9-5-13/h4-5,7-9,11-12,15H,3,6,10H2,1-2H3,(H,19,21)/t12-,15+/m0/s1. The normalized spacial score (nSPS) is 18.6. The minimum atomic E-state index is -0.0168. The number of nitrogens with one attached hydrogen (secondary N) is 1. The first-order valence-electron chi connectivity index (χ1n) is 7.74. The number of carbonyl (C=O) groups excluding carboxylic acids is 1. The number of amides is 2. The molecule has 0 unspecified atom stereocenters. The molecule has 0 spiro atoms. The Morgan fingerprint density at radius 3 is 2.95 bits per heavy atom. The Kier molecular flexibility index (Phi) is 4.43. The number of urea groups is 1. The number of hydrogen-bond acceptors (Lipinski definition) is 3. The third-order valence-corrected chi connectivity index (χ3v) is 5.29. The Bertz CT molecular complexity index is 640. The average Bonchev–Trinajstić information content (AvgIpc) is 3.03. The summed E-state index contributed by atoms with van der Waals surface area (Å²) in [7, 11) is 0. The van der Waals surface area contributed by atoms with E-state index >= 15 is 0 Å². The summed E-state index contributed by atoms with van der Waals surface area (Å²) >= 11 is 1.80. The molecule has 0 saturated carbocycles. The lowest BCUT2D eigenvalue weighted by Crippen LogP contribution is -2.45. The van der Waals surface area contributed by atoms with Gasteiger partial charge in [0, 0.05) is 23.8 Å². The molecular formula is C17H21N3OS. The number of pyridine rings is 1. The fraction of sp³-hybridized carbons (Fsp3) is 0.412. The van der Waals surface area contributed by atoms with Crippen LogP contribution in [-0.2, 0) is 6.42 Å². The maximum absolute atomic E-state index is 12.7. The fourth-order valence-electron chi connectivity index (χ4n) is 3.08. The number of nitrogens with zero attached hydrogens (tertiary/aromatic N) is 2. The third-order valence-electron chi connectivity index (χ3n) is 4.29. The van der Waals surface area contributed by atoms with Gasteiger partial charge in [-0.2, -0.15) is 0 Å². The molecule has 2 atom stereocenters. The van der Waals surface area contributed by atoms with Crippen LogP contribution in [0.1, 0.15) is 48.4 Å². The third kappa shape index (κ3) is 2.86. The number of thiophene rings is 1. The van der Waals surface area contributed by atoms with Gasteiger partial charge in [0.05, 0.1) is 12.1 Å². The van der Waals surface area contributed by atoms with E-state index in [1.54, 1.807) is 23.7 Å². The van der Waals surface area contributed by atoms with Crippen LogP contribution in [0.15, 0.2) is 36.0 Å². The summed E-state index contributed by atoms with van der Waals surface area (Å²) in [5.74, 6) is 0. The van der Waals surface area contributed by atoms with Crippen LogP contribution in [0.3, 0.4) is 0 Å². The summed E-state index contributed by atoms with van der Waals surface area (Å²) in [6, 6.07) is 6.25. The second-order valence-corrected chi connectivity index (χ2v) is 6.62. The summed E-state index contributed by atoms with van der Waals surface area (Å²) in [6.45, 7) is 4.94. The molecule has 0 radical (unpaired) electrons. The quantitative estimate of drug-likeness (QED) is 0.933. The highest BCUT2D eigenvalue weighted by Crippen LogP contribution is 2.35. The molecule has 22 heavy (non-hydrogen) atoms. The Morgan fingerprint density at radius 2 is 2.23 bits per heavy atom.